The van der Waals surface area contributed by atoms with Crippen molar-refractivity contribution in [2.24, 2.45) is 0 Å². The topological polar surface area (TPSA) is 85.1 Å². The Morgan fingerprint density at radius 3 is 3.00 bits per heavy atom. The van der Waals surface area contributed by atoms with Crippen LogP contribution in [0.25, 0.3) is 0 Å². The summed E-state index contributed by atoms with van der Waals surface area (Å²) < 4.78 is 7.97. The molecule has 3 heterocycles. The van der Waals surface area contributed by atoms with Crippen LogP contribution >= 0.6 is 0 Å². The van der Waals surface area contributed by atoms with Gasteiger partial charge in [0.05, 0.1) is 25.3 Å². The van der Waals surface area contributed by atoms with Gasteiger partial charge in [0.15, 0.2) is 11.6 Å². The summed E-state index contributed by atoms with van der Waals surface area (Å²) in [4.78, 5) is 4.58. The molecule has 1 atom stereocenters. The number of tetrazole rings is 1. The number of ether oxygens (including phenoxy) is 1. The highest BCUT2D eigenvalue weighted by molar-refractivity contribution is 5.36. The molecular formula is C16H24N8O. The summed E-state index contributed by atoms with van der Waals surface area (Å²) in [7, 11) is 0. The van der Waals surface area contributed by atoms with Crippen LogP contribution in [-0.2, 0) is 11.3 Å². The van der Waals surface area contributed by atoms with Crippen molar-refractivity contribution in [2.45, 2.75) is 38.5 Å². The molecular weight excluding hydrogens is 320 g/mol. The molecule has 2 aromatic rings. The summed E-state index contributed by atoms with van der Waals surface area (Å²) in [5.74, 6) is 1.85. The molecule has 2 aromatic heterocycles. The minimum absolute atomic E-state index is 0.140. The second kappa shape index (κ2) is 7.40. The predicted molar refractivity (Wildman–Crippen MR) is 91.0 cm³/mol. The molecule has 2 aliphatic rings. The van der Waals surface area contributed by atoms with E-state index in [0.29, 0.717) is 6.04 Å². The van der Waals surface area contributed by atoms with Gasteiger partial charge in [0.1, 0.15) is 0 Å². The fraction of sp³-hybridized carbons (Fsp3) is 0.688. The van der Waals surface area contributed by atoms with E-state index < -0.39 is 0 Å². The molecule has 0 radical (unpaired) electrons. The van der Waals surface area contributed by atoms with E-state index in [1.165, 1.54) is 12.8 Å². The van der Waals surface area contributed by atoms with Gasteiger partial charge in [-0.15, -0.1) is 10.2 Å². The van der Waals surface area contributed by atoms with Crippen molar-refractivity contribution in [3.8, 4) is 0 Å². The van der Waals surface area contributed by atoms with Gasteiger partial charge in [-0.05, 0) is 42.3 Å². The highest BCUT2D eigenvalue weighted by Gasteiger charge is 2.29. The highest BCUT2D eigenvalue weighted by atomic mass is 16.5. The van der Waals surface area contributed by atoms with Gasteiger partial charge in [0.25, 0.3) is 0 Å². The van der Waals surface area contributed by atoms with Crippen LogP contribution < -0.4 is 4.90 Å². The lowest BCUT2D eigenvalue weighted by molar-refractivity contribution is -0.0280. The summed E-state index contributed by atoms with van der Waals surface area (Å²) in [5.41, 5.74) is 0. The second-order valence-electron chi connectivity index (χ2n) is 6.62. The number of anilines is 1. The van der Waals surface area contributed by atoms with Crippen LogP contribution in [0.3, 0.4) is 0 Å². The van der Waals surface area contributed by atoms with Gasteiger partial charge in [-0.25, -0.2) is 4.68 Å². The van der Waals surface area contributed by atoms with Gasteiger partial charge >= 0.3 is 0 Å². The van der Waals surface area contributed by atoms with E-state index in [1.54, 1.807) is 6.20 Å². The van der Waals surface area contributed by atoms with Crippen LogP contribution in [0.1, 0.15) is 31.6 Å². The summed E-state index contributed by atoms with van der Waals surface area (Å²) in [6.07, 6.45) is 4.21. The summed E-state index contributed by atoms with van der Waals surface area (Å²) in [6.45, 7) is 7.09. The van der Waals surface area contributed by atoms with Crippen molar-refractivity contribution in [3.63, 3.8) is 0 Å². The van der Waals surface area contributed by atoms with Crippen LogP contribution in [-0.4, -0.2) is 74.2 Å². The average molecular weight is 344 g/mol. The van der Waals surface area contributed by atoms with E-state index in [4.69, 9.17) is 4.74 Å². The number of likely N-dealkylation sites (N-methyl/N-ethyl adjacent to an activating group) is 1. The lowest BCUT2D eigenvalue weighted by Crippen LogP contribution is -2.47. The zero-order valence-corrected chi connectivity index (χ0v) is 14.5. The van der Waals surface area contributed by atoms with Crippen molar-refractivity contribution < 1.29 is 4.74 Å². The Morgan fingerprint density at radius 1 is 1.32 bits per heavy atom. The fourth-order valence-corrected chi connectivity index (χ4v) is 3.25. The van der Waals surface area contributed by atoms with Crippen molar-refractivity contribution in [2.75, 3.05) is 37.7 Å². The Kier molecular flexibility index (Phi) is 4.84. The molecule has 25 heavy (non-hydrogen) atoms. The lowest BCUT2D eigenvalue weighted by Gasteiger charge is -2.35. The lowest BCUT2D eigenvalue weighted by atomic mass is 10.2. The van der Waals surface area contributed by atoms with Crippen LogP contribution in [0.5, 0.6) is 0 Å². The first-order chi connectivity index (χ1) is 12.3. The minimum Gasteiger partial charge on any atom is -0.374 e. The first-order valence-electron chi connectivity index (χ1n) is 8.97. The van der Waals surface area contributed by atoms with E-state index in [2.05, 4.69) is 42.4 Å². The average Bonchev–Trinajstić information content (AvgIpc) is 3.40. The molecule has 2 fully saturated rings. The van der Waals surface area contributed by atoms with Crippen LogP contribution in [0.4, 0.5) is 5.82 Å². The number of morpholine rings is 1. The van der Waals surface area contributed by atoms with E-state index in [1.807, 2.05) is 16.8 Å². The van der Waals surface area contributed by atoms with Gasteiger partial charge in [-0.2, -0.15) is 5.10 Å². The van der Waals surface area contributed by atoms with E-state index >= 15 is 0 Å². The third-order valence-corrected chi connectivity index (χ3v) is 4.73. The molecule has 9 heteroatoms. The Morgan fingerprint density at radius 2 is 2.24 bits per heavy atom. The van der Waals surface area contributed by atoms with Gasteiger partial charge in [-0.3, -0.25) is 4.90 Å². The van der Waals surface area contributed by atoms with E-state index in [0.717, 1.165) is 51.0 Å². The van der Waals surface area contributed by atoms with Crippen molar-refractivity contribution >= 4 is 5.82 Å². The first kappa shape index (κ1) is 16.3. The van der Waals surface area contributed by atoms with E-state index in [9.17, 15) is 0 Å². The Hall–Kier alpha value is -2.13. The smallest absolute Gasteiger partial charge is 0.165 e. The van der Waals surface area contributed by atoms with Crippen molar-refractivity contribution in [3.05, 3.63) is 24.2 Å². The molecule has 134 valence electrons. The molecule has 1 aliphatic heterocycles. The second-order valence-corrected chi connectivity index (χ2v) is 6.62. The zero-order valence-electron chi connectivity index (χ0n) is 14.5. The molecule has 9 nitrogen and oxygen atoms in total. The Balaban J connectivity index is 1.36. The van der Waals surface area contributed by atoms with Crippen molar-refractivity contribution in [1.82, 2.24) is 35.3 Å². The quantitative estimate of drug-likeness (QED) is 0.719. The van der Waals surface area contributed by atoms with Crippen LogP contribution in [0, 0.1) is 0 Å². The molecule has 4 rings (SSSR count). The molecule has 1 saturated heterocycles. The molecule has 0 spiro atoms. The molecule has 1 unspecified atom stereocenters. The van der Waals surface area contributed by atoms with Crippen LogP contribution in [0.15, 0.2) is 18.3 Å². The first-order valence-corrected chi connectivity index (χ1v) is 8.97. The predicted octanol–water partition coefficient (Wildman–Crippen LogP) is 0.525. The van der Waals surface area contributed by atoms with Crippen molar-refractivity contribution in [1.29, 1.82) is 0 Å². The van der Waals surface area contributed by atoms with Gasteiger partial charge in [0, 0.05) is 32.4 Å². The maximum atomic E-state index is 5.98. The van der Waals surface area contributed by atoms with Crippen LogP contribution in [0.2, 0.25) is 0 Å². The Labute approximate surface area is 147 Å². The molecule has 1 saturated carbocycles. The normalized spacial score (nSPS) is 21.4. The Bertz CT molecular complexity index is 674. The van der Waals surface area contributed by atoms with E-state index in [-0.39, 0.29) is 6.10 Å². The largest absolute Gasteiger partial charge is 0.374 e. The summed E-state index contributed by atoms with van der Waals surface area (Å²) >= 11 is 0. The van der Waals surface area contributed by atoms with Gasteiger partial charge in [-0.1, -0.05) is 0 Å². The third-order valence-electron chi connectivity index (χ3n) is 4.73. The number of hydrogen-bond donors (Lipinski definition) is 0. The highest BCUT2D eigenvalue weighted by Crippen LogP contribution is 2.34. The summed E-state index contributed by atoms with van der Waals surface area (Å²) in [6, 6.07) is 4.41. The molecule has 0 aromatic carbocycles. The standard InChI is InChI=1S/C16H24N8O/c1-2-23(15-4-3-7-17-18-15)11-14-10-22(8-9-25-14)12-16-19-20-21-24(16)13-5-6-13/h3-4,7,13-14H,2,5-6,8-12H2,1H3. The number of hydrogen-bond acceptors (Lipinski definition) is 8. The number of nitrogens with zero attached hydrogens (tertiary/aromatic N) is 8. The SMILES string of the molecule is CCN(CC1CN(Cc2nnnn2C2CC2)CCO1)c1cccnn1. The fourth-order valence-electron chi connectivity index (χ4n) is 3.25. The monoisotopic (exact) mass is 344 g/mol. The number of aromatic nitrogens is 6. The summed E-state index contributed by atoms with van der Waals surface area (Å²) in [5, 5.41) is 20.4. The maximum Gasteiger partial charge on any atom is 0.165 e. The van der Waals surface area contributed by atoms with Gasteiger partial charge < -0.3 is 9.64 Å². The molecule has 0 N–H and O–H groups in total. The molecule has 0 bridgehead atoms. The third kappa shape index (κ3) is 3.93. The minimum atomic E-state index is 0.140. The molecule has 0 amide bonds. The maximum absolute atomic E-state index is 5.98. The molecule has 1 aliphatic carbocycles. The number of rotatable bonds is 7. The zero-order chi connectivity index (χ0) is 17.1. The van der Waals surface area contributed by atoms with Gasteiger partial charge in [0.2, 0.25) is 0 Å².